The molecule has 0 N–H and O–H groups in total. The maximum absolute atomic E-state index is 11.3. The first-order chi connectivity index (χ1) is 8.02. The third kappa shape index (κ3) is 5.07. The van der Waals surface area contributed by atoms with Crippen LogP contribution in [-0.2, 0) is 9.53 Å². The molecule has 0 spiro atoms. The van der Waals surface area contributed by atoms with Crippen molar-refractivity contribution in [2.45, 2.75) is 52.5 Å². The summed E-state index contributed by atoms with van der Waals surface area (Å²) >= 11 is 0. The number of rotatable bonds is 5. The van der Waals surface area contributed by atoms with Crippen LogP contribution in [0.2, 0.25) is 0 Å². The fourth-order valence-corrected chi connectivity index (χ4v) is 2.95. The van der Waals surface area contributed by atoms with E-state index >= 15 is 0 Å². The van der Waals surface area contributed by atoms with Crippen molar-refractivity contribution in [2.75, 3.05) is 20.2 Å². The fraction of sp³-hybridized carbons (Fsp3) is 0.929. The highest BCUT2D eigenvalue weighted by molar-refractivity contribution is 5.69. The van der Waals surface area contributed by atoms with Gasteiger partial charge in [-0.25, -0.2) is 0 Å². The molecule has 17 heavy (non-hydrogen) atoms. The lowest BCUT2D eigenvalue weighted by Gasteiger charge is -2.37. The fourth-order valence-electron chi connectivity index (χ4n) is 2.95. The SMILES string of the molecule is CCOC(=O)CCN(C)C1CC(C)CC(C)C1. The van der Waals surface area contributed by atoms with Gasteiger partial charge in [0.1, 0.15) is 0 Å². The quantitative estimate of drug-likeness (QED) is 0.693. The Morgan fingerprint density at radius 2 is 1.82 bits per heavy atom. The van der Waals surface area contributed by atoms with E-state index in [-0.39, 0.29) is 5.97 Å². The molecule has 100 valence electrons. The van der Waals surface area contributed by atoms with Crippen LogP contribution in [-0.4, -0.2) is 37.1 Å². The minimum absolute atomic E-state index is 0.0729. The van der Waals surface area contributed by atoms with E-state index in [0.717, 1.165) is 18.4 Å². The molecule has 1 aliphatic rings. The Morgan fingerprint density at radius 1 is 1.24 bits per heavy atom. The zero-order valence-corrected chi connectivity index (χ0v) is 11.7. The molecule has 0 saturated heterocycles. The lowest BCUT2D eigenvalue weighted by molar-refractivity contribution is -0.143. The molecule has 0 aromatic carbocycles. The van der Waals surface area contributed by atoms with E-state index < -0.39 is 0 Å². The molecule has 0 aromatic heterocycles. The average molecular weight is 241 g/mol. The van der Waals surface area contributed by atoms with E-state index in [1.165, 1.54) is 19.3 Å². The van der Waals surface area contributed by atoms with Crippen molar-refractivity contribution in [3.05, 3.63) is 0 Å². The van der Waals surface area contributed by atoms with Crippen LogP contribution in [0.5, 0.6) is 0 Å². The number of hydrogen-bond donors (Lipinski definition) is 0. The smallest absolute Gasteiger partial charge is 0.307 e. The molecular formula is C14H27NO2. The monoisotopic (exact) mass is 241 g/mol. The lowest BCUT2D eigenvalue weighted by atomic mass is 9.80. The lowest BCUT2D eigenvalue weighted by Crippen LogP contribution is -2.39. The molecule has 0 aliphatic heterocycles. The highest BCUT2D eigenvalue weighted by atomic mass is 16.5. The summed E-state index contributed by atoms with van der Waals surface area (Å²) in [5, 5.41) is 0. The predicted molar refractivity (Wildman–Crippen MR) is 69.8 cm³/mol. The van der Waals surface area contributed by atoms with Crippen LogP contribution in [0, 0.1) is 11.8 Å². The Balaban J connectivity index is 2.31. The van der Waals surface area contributed by atoms with E-state index in [9.17, 15) is 4.79 Å². The largest absolute Gasteiger partial charge is 0.466 e. The third-order valence-corrected chi connectivity index (χ3v) is 3.75. The van der Waals surface area contributed by atoms with Gasteiger partial charge in [-0.05, 0) is 45.1 Å². The second-order valence-corrected chi connectivity index (χ2v) is 5.61. The second kappa shape index (κ2) is 7.00. The standard InChI is InChI=1S/C14H27NO2/c1-5-17-14(16)6-7-15(4)13-9-11(2)8-12(3)10-13/h11-13H,5-10H2,1-4H3. The van der Waals surface area contributed by atoms with Gasteiger partial charge in [-0.1, -0.05) is 13.8 Å². The van der Waals surface area contributed by atoms with Crippen molar-refractivity contribution in [2.24, 2.45) is 11.8 Å². The van der Waals surface area contributed by atoms with Gasteiger partial charge in [-0.15, -0.1) is 0 Å². The van der Waals surface area contributed by atoms with Gasteiger partial charge in [0.25, 0.3) is 0 Å². The van der Waals surface area contributed by atoms with E-state index in [1.807, 2.05) is 6.92 Å². The summed E-state index contributed by atoms with van der Waals surface area (Å²) in [6.07, 6.45) is 4.40. The number of esters is 1. The molecule has 2 unspecified atom stereocenters. The van der Waals surface area contributed by atoms with Gasteiger partial charge in [0.05, 0.1) is 13.0 Å². The zero-order valence-electron chi connectivity index (χ0n) is 11.7. The molecule has 1 fully saturated rings. The highest BCUT2D eigenvalue weighted by Crippen LogP contribution is 2.30. The van der Waals surface area contributed by atoms with Crippen molar-refractivity contribution in [1.29, 1.82) is 0 Å². The summed E-state index contributed by atoms with van der Waals surface area (Å²) in [5.41, 5.74) is 0. The maximum atomic E-state index is 11.3. The topological polar surface area (TPSA) is 29.5 Å². The molecule has 2 atom stereocenters. The molecular weight excluding hydrogens is 214 g/mol. The van der Waals surface area contributed by atoms with E-state index in [1.54, 1.807) is 0 Å². The van der Waals surface area contributed by atoms with Crippen LogP contribution >= 0.6 is 0 Å². The number of carbonyl (C=O) groups excluding carboxylic acids is 1. The third-order valence-electron chi connectivity index (χ3n) is 3.75. The second-order valence-electron chi connectivity index (χ2n) is 5.61. The average Bonchev–Trinajstić information content (AvgIpc) is 2.25. The van der Waals surface area contributed by atoms with Gasteiger partial charge in [-0.3, -0.25) is 4.79 Å². The van der Waals surface area contributed by atoms with Gasteiger partial charge in [0, 0.05) is 12.6 Å². The van der Waals surface area contributed by atoms with Crippen LogP contribution < -0.4 is 0 Å². The van der Waals surface area contributed by atoms with Gasteiger partial charge in [-0.2, -0.15) is 0 Å². The normalized spacial score (nSPS) is 29.4. The molecule has 0 radical (unpaired) electrons. The summed E-state index contributed by atoms with van der Waals surface area (Å²) < 4.78 is 4.96. The van der Waals surface area contributed by atoms with E-state index in [2.05, 4.69) is 25.8 Å². The Kier molecular flexibility index (Phi) is 5.96. The first-order valence-electron chi connectivity index (χ1n) is 6.88. The Labute approximate surface area is 106 Å². The van der Waals surface area contributed by atoms with Crippen LogP contribution in [0.3, 0.4) is 0 Å². The Hall–Kier alpha value is -0.570. The highest BCUT2D eigenvalue weighted by Gasteiger charge is 2.26. The van der Waals surface area contributed by atoms with Crippen LogP contribution in [0.1, 0.15) is 46.5 Å². The minimum Gasteiger partial charge on any atom is -0.466 e. The predicted octanol–water partition coefficient (Wildman–Crippen LogP) is 2.70. The van der Waals surface area contributed by atoms with Crippen molar-refractivity contribution in [3.8, 4) is 0 Å². The van der Waals surface area contributed by atoms with Gasteiger partial charge >= 0.3 is 5.97 Å². The Morgan fingerprint density at radius 3 is 2.35 bits per heavy atom. The maximum Gasteiger partial charge on any atom is 0.307 e. The van der Waals surface area contributed by atoms with E-state index in [4.69, 9.17) is 4.74 Å². The molecule has 3 nitrogen and oxygen atoms in total. The van der Waals surface area contributed by atoms with Crippen molar-refractivity contribution in [1.82, 2.24) is 4.90 Å². The van der Waals surface area contributed by atoms with Crippen LogP contribution in [0.15, 0.2) is 0 Å². The number of hydrogen-bond acceptors (Lipinski definition) is 3. The summed E-state index contributed by atoms with van der Waals surface area (Å²) in [7, 11) is 2.13. The molecule has 0 aromatic rings. The first kappa shape index (κ1) is 14.5. The summed E-state index contributed by atoms with van der Waals surface area (Å²) in [6.45, 7) is 7.83. The number of carbonyl (C=O) groups is 1. The molecule has 0 heterocycles. The van der Waals surface area contributed by atoms with Crippen molar-refractivity contribution < 1.29 is 9.53 Å². The summed E-state index contributed by atoms with van der Waals surface area (Å²) in [5.74, 6) is 1.55. The van der Waals surface area contributed by atoms with Crippen LogP contribution in [0.25, 0.3) is 0 Å². The Bertz CT molecular complexity index is 232. The molecule has 1 saturated carbocycles. The molecule has 3 heteroatoms. The van der Waals surface area contributed by atoms with Gasteiger partial charge < -0.3 is 9.64 Å². The number of ether oxygens (including phenoxy) is 1. The molecule has 1 rings (SSSR count). The first-order valence-corrected chi connectivity index (χ1v) is 6.88. The van der Waals surface area contributed by atoms with Gasteiger partial charge in [0.15, 0.2) is 0 Å². The molecule has 0 bridgehead atoms. The number of nitrogens with zero attached hydrogens (tertiary/aromatic N) is 1. The zero-order chi connectivity index (χ0) is 12.8. The molecule has 1 aliphatic carbocycles. The van der Waals surface area contributed by atoms with Gasteiger partial charge in [0.2, 0.25) is 0 Å². The molecule has 0 amide bonds. The summed E-state index contributed by atoms with van der Waals surface area (Å²) in [6, 6.07) is 0.642. The van der Waals surface area contributed by atoms with Crippen molar-refractivity contribution >= 4 is 5.97 Å². The minimum atomic E-state index is -0.0729. The summed E-state index contributed by atoms with van der Waals surface area (Å²) in [4.78, 5) is 13.6. The van der Waals surface area contributed by atoms with Crippen LogP contribution in [0.4, 0.5) is 0 Å². The van der Waals surface area contributed by atoms with Crippen molar-refractivity contribution in [3.63, 3.8) is 0 Å². The van der Waals surface area contributed by atoms with E-state index in [0.29, 0.717) is 19.1 Å².